The molecule has 220 valence electrons. The second kappa shape index (κ2) is 10.9. The van der Waals surface area contributed by atoms with Gasteiger partial charge in [0.05, 0.1) is 38.1 Å². The molecule has 4 aromatic carbocycles. The predicted molar refractivity (Wildman–Crippen MR) is 155 cm³/mol. The van der Waals surface area contributed by atoms with Crippen LogP contribution in [0.15, 0.2) is 114 Å². The van der Waals surface area contributed by atoms with Crippen molar-refractivity contribution in [1.29, 1.82) is 0 Å². The lowest BCUT2D eigenvalue weighted by atomic mass is 9.68. The number of hydrogen-bond donors (Lipinski definition) is 1. The van der Waals surface area contributed by atoms with Gasteiger partial charge in [-0.3, -0.25) is 9.80 Å². The number of fused-ring (bicyclic) bond motifs is 1. The first-order valence-electron chi connectivity index (χ1n) is 13.8. The maximum absolute atomic E-state index is 14.8. The first-order valence-corrected chi connectivity index (χ1v) is 13.8. The number of carbonyl (C=O) groups is 1. The van der Waals surface area contributed by atoms with Gasteiger partial charge in [0.1, 0.15) is 17.1 Å². The number of Topliss-reactive ketones (excluding diaryl/α,β-unsaturated/α-hetero) is 1. The number of methoxy groups -OCH3 is 2. The Labute approximate surface area is 247 Å². The van der Waals surface area contributed by atoms with Crippen LogP contribution in [-0.4, -0.2) is 48.0 Å². The smallest absolute Gasteiger partial charge is 0.431 e. The average Bonchev–Trinajstić information content (AvgIpc) is 3.56. The van der Waals surface area contributed by atoms with E-state index in [2.05, 4.69) is 5.10 Å². The molecule has 4 aromatic rings. The molecule has 1 N–H and O–H groups in total. The van der Waals surface area contributed by atoms with E-state index in [-0.39, 0.29) is 0 Å². The quantitative estimate of drug-likeness (QED) is 0.249. The van der Waals surface area contributed by atoms with Gasteiger partial charge < -0.3 is 14.6 Å². The van der Waals surface area contributed by atoms with Gasteiger partial charge in [-0.25, -0.2) is 0 Å². The number of halogens is 3. The molecule has 43 heavy (non-hydrogen) atoms. The van der Waals surface area contributed by atoms with Crippen molar-refractivity contribution >= 4 is 11.5 Å². The van der Waals surface area contributed by atoms with Crippen LogP contribution in [0.1, 0.15) is 39.0 Å². The minimum Gasteiger partial charge on any atom is -0.497 e. The van der Waals surface area contributed by atoms with Crippen LogP contribution < -0.4 is 9.47 Å². The van der Waals surface area contributed by atoms with Gasteiger partial charge in [-0.15, -0.1) is 0 Å². The minimum atomic E-state index is -4.81. The molecule has 0 radical (unpaired) electrons. The van der Waals surface area contributed by atoms with Crippen molar-refractivity contribution in [3.8, 4) is 11.5 Å². The monoisotopic (exact) mass is 586 g/mol. The predicted octanol–water partition coefficient (Wildman–Crippen LogP) is 6.53. The van der Waals surface area contributed by atoms with E-state index in [9.17, 15) is 23.1 Å². The third-order valence-corrected chi connectivity index (χ3v) is 8.44. The summed E-state index contributed by atoms with van der Waals surface area (Å²) in [5, 5.41) is 18.5. The van der Waals surface area contributed by atoms with E-state index in [1.807, 2.05) is 0 Å². The molecule has 1 saturated heterocycles. The van der Waals surface area contributed by atoms with E-state index in [4.69, 9.17) is 9.47 Å². The summed E-state index contributed by atoms with van der Waals surface area (Å²) in [5.74, 6) is -2.01. The Morgan fingerprint density at radius 2 is 1.30 bits per heavy atom. The normalized spacial score (nSPS) is 24.8. The van der Waals surface area contributed by atoms with Gasteiger partial charge in [-0.2, -0.15) is 18.3 Å². The third kappa shape index (κ3) is 4.73. The van der Waals surface area contributed by atoms with Crippen LogP contribution >= 0.6 is 0 Å². The average molecular weight is 587 g/mol. The molecular formula is C34H29F3N2O4. The first-order chi connectivity index (χ1) is 20.7. The molecule has 0 aromatic heterocycles. The fourth-order valence-corrected chi connectivity index (χ4v) is 6.53. The topological polar surface area (TPSA) is 71.4 Å². The molecule has 6 nitrogen and oxygen atoms in total. The van der Waals surface area contributed by atoms with E-state index >= 15 is 0 Å². The molecule has 0 saturated carbocycles. The number of carbonyl (C=O) groups excluding carboxylic acids is 1. The number of ketones is 1. The molecular weight excluding hydrogens is 557 g/mol. The third-order valence-electron chi connectivity index (χ3n) is 8.44. The van der Waals surface area contributed by atoms with Crippen LogP contribution in [0, 0.1) is 5.92 Å². The summed E-state index contributed by atoms with van der Waals surface area (Å²) in [5.41, 5.74) is -1.65. The maximum Gasteiger partial charge on any atom is 0.431 e. The summed E-state index contributed by atoms with van der Waals surface area (Å²) < 4.78 is 55.0. The molecule has 2 heterocycles. The number of hydrazone groups is 1. The van der Waals surface area contributed by atoms with Crippen LogP contribution in [0.25, 0.3) is 0 Å². The van der Waals surface area contributed by atoms with Crippen LogP contribution in [0.3, 0.4) is 0 Å². The van der Waals surface area contributed by atoms with E-state index in [1.54, 1.807) is 109 Å². The molecule has 1 fully saturated rings. The van der Waals surface area contributed by atoms with Crippen molar-refractivity contribution in [3.63, 3.8) is 0 Å². The fourth-order valence-electron chi connectivity index (χ4n) is 6.53. The Bertz CT molecular complexity index is 1630. The van der Waals surface area contributed by atoms with Crippen LogP contribution in [0.4, 0.5) is 13.2 Å². The molecule has 2 aliphatic rings. The standard InChI is InChI=1S/C34H29F3N2O4/c1-42-25-17-13-21(14-18-25)27-31(34(35,36)37)38-39-29(22-15-19-26(43-2)20-16-22)28(30(40)23-9-5-3-6-10-23)33(41,32(27)39)24-11-7-4-8-12-24/h3-20,27-29,32,41H,1-2H3/t27-,28?,29-,32?,33-/m1/s1. The van der Waals surface area contributed by atoms with Crippen molar-refractivity contribution in [2.75, 3.05) is 14.2 Å². The summed E-state index contributed by atoms with van der Waals surface area (Å²) in [6.07, 6.45) is -4.81. The van der Waals surface area contributed by atoms with E-state index in [1.165, 1.54) is 19.2 Å². The Kier molecular flexibility index (Phi) is 7.22. The van der Waals surface area contributed by atoms with Crippen molar-refractivity contribution in [1.82, 2.24) is 5.01 Å². The molecule has 0 amide bonds. The zero-order chi connectivity index (χ0) is 30.4. The summed E-state index contributed by atoms with van der Waals surface area (Å²) in [6.45, 7) is 0. The largest absolute Gasteiger partial charge is 0.497 e. The van der Waals surface area contributed by atoms with E-state index in [0.29, 0.717) is 33.8 Å². The second-order valence-corrected chi connectivity index (χ2v) is 10.7. The lowest BCUT2D eigenvalue weighted by molar-refractivity contribution is -0.0631. The van der Waals surface area contributed by atoms with E-state index in [0.717, 1.165) is 0 Å². The molecule has 0 spiro atoms. The van der Waals surface area contributed by atoms with Gasteiger partial charge in [0.25, 0.3) is 0 Å². The molecule has 0 bridgehead atoms. The Balaban J connectivity index is 1.64. The van der Waals surface area contributed by atoms with Gasteiger partial charge in [0.2, 0.25) is 0 Å². The highest BCUT2D eigenvalue weighted by Gasteiger charge is 2.69. The first kappa shape index (κ1) is 28.5. The van der Waals surface area contributed by atoms with Crippen LogP contribution in [-0.2, 0) is 5.60 Å². The molecule has 5 atom stereocenters. The lowest BCUT2D eigenvalue weighted by Crippen LogP contribution is -2.49. The molecule has 2 unspecified atom stereocenters. The zero-order valence-corrected chi connectivity index (χ0v) is 23.4. The number of rotatable bonds is 7. The molecule has 0 aliphatic carbocycles. The highest BCUT2D eigenvalue weighted by Crippen LogP contribution is 2.60. The number of benzene rings is 4. The molecule has 2 aliphatic heterocycles. The summed E-state index contributed by atoms with van der Waals surface area (Å²) >= 11 is 0. The van der Waals surface area contributed by atoms with Gasteiger partial charge in [-0.1, -0.05) is 84.9 Å². The SMILES string of the molecule is COc1ccc([C@@H]2C(C(=O)c3ccccc3)[C@](O)(c3ccccc3)C3[C@H](c4ccc(OC)cc4)C(C(F)(F)F)=NN32)cc1. The maximum atomic E-state index is 14.8. The second-order valence-electron chi connectivity index (χ2n) is 10.7. The lowest BCUT2D eigenvalue weighted by Gasteiger charge is -2.37. The summed E-state index contributed by atoms with van der Waals surface area (Å²) in [4.78, 5) is 14.5. The number of aliphatic hydroxyl groups is 1. The van der Waals surface area contributed by atoms with Crippen molar-refractivity contribution in [2.45, 2.75) is 29.8 Å². The van der Waals surface area contributed by atoms with Gasteiger partial charge >= 0.3 is 6.18 Å². The Morgan fingerprint density at radius 1 is 0.791 bits per heavy atom. The molecule has 9 heteroatoms. The number of hydrogen-bond acceptors (Lipinski definition) is 6. The van der Waals surface area contributed by atoms with Gasteiger partial charge in [0.15, 0.2) is 11.5 Å². The minimum absolute atomic E-state index is 0.292. The Morgan fingerprint density at radius 3 is 1.81 bits per heavy atom. The van der Waals surface area contributed by atoms with Crippen LogP contribution in [0.5, 0.6) is 11.5 Å². The number of nitrogens with zero attached hydrogens (tertiary/aromatic N) is 2. The number of alkyl halides is 3. The Hall–Kier alpha value is -4.63. The van der Waals surface area contributed by atoms with Gasteiger partial charge in [-0.05, 0) is 41.0 Å². The van der Waals surface area contributed by atoms with Gasteiger partial charge in [0, 0.05) is 5.56 Å². The highest BCUT2D eigenvalue weighted by atomic mass is 19.4. The molecule has 6 rings (SSSR count). The summed E-state index contributed by atoms with van der Waals surface area (Å²) in [7, 11) is 2.98. The zero-order valence-electron chi connectivity index (χ0n) is 23.4. The van der Waals surface area contributed by atoms with Crippen molar-refractivity contribution in [3.05, 3.63) is 131 Å². The highest BCUT2D eigenvalue weighted by molar-refractivity contribution is 6.02. The summed E-state index contributed by atoms with van der Waals surface area (Å²) in [6, 6.07) is 27.7. The van der Waals surface area contributed by atoms with Crippen molar-refractivity contribution < 1.29 is 32.5 Å². The van der Waals surface area contributed by atoms with Crippen molar-refractivity contribution in [2.24, 2.45) is 11.0 Å². The fraction of sp³-hybridized carbons (Fsp3) is 0.235. The number of ether oxygens (including phenoxy) is 2. The van der Waals surface area contributed by atoms with Crippen LogP contribution in [0.2, 0.25) is 0 Å². The van der Waals surface area contributed by atoms with E-state index < -0.39 is 47.2 Å².